The highest BCUT2D eigenvalue weighted by atomic mass is 16.3. The molecule has 2 N–H and O–H groups in total. The van der Waals surface area contributed by atoms with E-state index in [1.54, 1.807) is 41.3 Å². The Morgan fingerprint density at radius 1 is 1.10 bits per heavy atom. The molecule has 0 saturated carbocycles. The maximum Gasteiger partial charge on any atom is 0.270 e. The van der Waals surface area contributed by atoms with Crippen molar-refractivity contribution in [3.63, 3.8) is 0 Å². The van der Waals surface area contributed by atoms with Gasteiger partial charge in [0.25, 0.3) is 11.8 Å². The minimum Gasteiger partial charge on any atom is -0.463 e. The number of para-hydroxylation sites is 1. The van der Waals surface area contributed by atoms with Gasteiger partial charge in [-0.2, -0.15) is 5.10 Å². The van der Waals surface area contributed by atoms with Gasteiger partial charge in [0, 0.05) is 29.8 Å². The van der Waals surface area contributed by atoms with Gasteiger partial charge in [0.1, 0.15) is 5.69 Å². The van der Waals surface area contributed by atoms with Gasteiger partial charge in [-0.05, 0) is 44.2 Å². The molecule has 8 nitrogen and oxygen atoms in total. The Balaban J connectivity index is 1.53. The average Bonchev–Trinajstić information content (AvgIpc) is 3.39. The van der Waals surface area contributed by atoms with Crippen LogP contribution in [0.5, 0.6) is 0 Å². The molecular weight excluding hydrogens is 394 g/mol. The van der Waals surface area contributed by atoms with Gasteiger partial charge in [0.2, 0.25) is 0 Å². The van der Waals surface area contributed by atoms with Crippen LogP contribution in [0.1, 0.15) is 27.3 Å². The Kier molecular flexibility index (Phi) is 5.36. The Labute approximate surface area is 178 Å². The summed E-state index contributed by atoms with van der Waals surface area (Å²) < 4.78 is 7.17. The second kappa shape index (κ2) is 8.27. The molecule has 156 valence electrons. The fraction of sp³-hybridized carbons (Fsp3) is 0.130. The zero-order valence-corrected chi connectivity index (χ0v) is 17.3. The molecule has 0 fully saturated rings. The van der Waals surface area contributed by atoms with Gasteiger partial charge in [-0.25, -0.2) is 4.98 Å². The zero-order valence-electron chi connectivity index (χ0n) is 17.3. The number of hydrazine groups is 1. The summed E-state index contributed by atoms with van der Waals surface area (Å²) in [5.41, 5.74) is 9.07. The summed E-state index contributed by atoms with van der Waals surface area (Å²) in [6.07, 6.45) is 4.58. The predicted molar refractivity (Wildman–Crippen MR) is 117 cm³/mol. The molecule has 3 heterocycles. The van der Waals surface area contributed by atoms with E-state index in [-0.39, 0.29) is 0 Å². The van der Waals surface area contributed by atoms with Crippen LogP contribution in [0.2, 0.25) is 0 Å². The fourth-order valence-electron chi connectivity index (χ4n) is 3.33. The van der Waals surface area contributed by atoms with E-state index in [1.807, 2.05) is 39.1 Å². The van der Waals surface area contributed by atoms with Crippen LogP contribution in [0.25, 0.3) is 28.4 Å². The monoisotopic (exact) mass is 415 g/mol. The number of benzene rings is 1. The topological polar surface area (TPSA) is 102 Å². The number of aromatic nitrogens is 3. The Morgan fingerprint density at radius 3 is 2.61 bits per heavy atom. The molecule has 2 amide bonds. The van der Waals surface area contributed by atoms with E-state index >= 15 is 0 Å². The van der Waals surface area contributed by atoms with Crippen molar-refractivity contribution in [2.75, 3.05) is 0 Å². The number of amides is 2. The number of hydrogen-bond acceptors (Lipinski definition) is 5. The van der Waals surface area contributed by atoms with E-state index in [4.69, 9.17) is 4.42 Å². The van der Waals surface area contributed by atoms with Gasteiger partial charge in [0.15, 0.2) is 5.76 Å². The summed E-state index contributed by atoms with van der Waals surface area (Å²) in [6, 6.07) is 12.5. The first-order valence-corrected chi connectivity index (χ1v) is 9.66. The van der Waals surface area contributed by atoms with Crippen molar-refractivity contribution in [3.05, 3.63) is 77.3 Å². The van der Waals surface area contributed by atoms with Gasteiger partial charge < -0.3 is 4.42 Å². The molecule has 4 aromatic rings. The number of nitrogens with one attached hydrogen (secondary N) is 2. The SMILES string of the molecule is Cc1nn(C)c(C)c1/C=C/C(=O)NNC(=O)c1cc(-c2ccco2)nc2ccccc12. The van der Waals surface area contributed by atoms with Crippen LogP contribution in [-0.4, -0.2) is 26.6 Å². The van der Waals surface area contributed by atoms with Crippen molar-refractivity contribution < 1.29 is 14.0 Å². The predicted octanol–water partition coefficient (Wildman–Crippen LogP) is 3.32. The molecule has 0 saturated heterocycles. The van der Waals surface area contributed by atoms with Crippen LogP contribution in [0.3, 0.4) is 0 Å². The maximum atomic E-state index is 12.8. The maximum absolute atomic E-state index is 12.8. The lowest BCUT2D eigenvalue weighted by molar-refractivity contribution is -0.117. The number of nitrogens with zero attached hydrogens (tertiary/aromatic N) is 3. The largest absolute Gasteiger partial charge is 0.463 e. The van der Waals surface area contributed by atoms with Gasteiger partial charge in [0.05, 0.1) is 23.0 Å². The highest BCUT2D eigenvalue weighted by Gasteiger charge is 2.15. The molecule has 8 heteroatoms. The van der Waals surface area contributed by atoms with Crippen LogP contribution in [0.4, 0.5) is 0 Å². The second-order valence-electron chi connectivity index (χ2n) is 7.03. The third-order valence-electron chi connectivity index (χ3n) is 5.00. The standard InChI is InChI=1S/C23H21N5O3/c1-14-16(15(2)28(3)27-14)10-11-22(29)25-26-23(30)18-13-20(21-9-6-12-31-21)24-19-8-5-4-7-17(18)19/h4-13H,1-3H3,(H,25,29)(H,26,30)/b11-10+. The normalized spacial score (nSPS) is 11.2. The van der Waals surface area contributed by atoms with Gasteiger partial charge in [-0.1, -0.05) is 18.2 Å². The lowest BCUT2D eigenvalue weighted by atomic mass is 10.1. The van der Waals surface area contributed by atoms with Crippen LogP contribution < -0.4 is 10.9 Å². The van der Waals surface area contributed by atoms with Crippen molar-refractivity contribution in [2.45, 2.75) is 13.8 Å². The van der Waals surface area contributed by atoms with Crippen molar-refractivity contribution in [2.24, 2.45) is 7.05 Å². The van der Waals surface area contributed by atoms with Gasteiger partial charge in [-0.15, -0.1) is 0 Å². The number of rotatable bonds is 4. The first-order valence-electron chi connectivity index (χ1n) is 9.66. The summed E-state index contributed by atoms with van der Waals surface area (Å²) >= 11 is 0. The Hall–Kier alpha value is -4.20. The number of furan rings is 1. The molecule has 0 radical (unpaired) electrons. The third kappa shape index (κ3) is 4.09. The first-order chi connectivity index (χ1) is 14.9. The highest BCUT2D eigenvalue weighted by molar-refractivity contribution is 6.07. The second-order valence-corrected chi connectivity index (χ2v) is 7.03. The minimum atomic E-state index is -0.458. The molecule has 0 atom stereocenters. The molecule has 1 aromatic carbocycles. The van der Waals surface area contributed by atoms with E-state index in [1.165, 1.54) is 6.08 Å². The third-order valence-corrected chi connectivity index (χ3v) is 5.00. The van der Waals surface area contributed by atoms with Crippen molar-refractivity contribution in [1.29, 1.82) is 0 Å². The summed E-state index contributed by atoms with van der Waals surface area (Å²) in [7, 11) is 1.84. The Bertz CT molecular complexity index is 1300. The molecule has 31 heavy (non-hydrogen) atoms. The van der Waals surface area contributed by atoms with E-state index < -0.39 is 11.8 Å². The van der Waals surface area contributed by atoms with Crippen LogP contribution in [0.15, 0.2) is 59.2 Å². The first kappa shape index (κ1) is 20.1. The van der Waals surface area contributed by atoms with Crippen molar-refractivity contribution in [3.8, 4) is 11.5 Å². The molecule has 0 bridgehead atoms. The summed E-state index contributed by atoms with van der Waals surface area (Å²) in [5.74, 6) is -0.364. The fourth-order valence-corrected chi connectivity index (χ4v) is 3.33. The average molecular weight is 415 g/mol. The molecule has 0 aliphatic heterocycles. The molecule has 0 spiro atoms. The minimum absolute atomic E-state index is 0.375. The molecule has 0 aliphatic carbocycles. The summed E-state index contributed by atoms with van der Waals surface area (Å²) in [5, 5.41) is 4.98. The number of fused-ring (bicyclic) bond motifs is 1. The van der Waals surface area contributed by atoms with Crippen molar-refractivity contribution >= 4 is 28.8 Å². The lowest BCUT2D eigenvalue weighted by Crippen LogP contribution is -2.40. The van der Waals surface area contributed by atoms with Crippen LogP contribution in [-0.2, 0) is 11.8 Å². The smallest absolute Gasteiger partial charge is 0.270 e. The number of carbonyl (C=O) groups is 2. The van der Waals surface area contributed by atoms with E-state index in [0.29, 0.717) is 27.9 Å². The van der Waals surface area contributed by atoms with Gasteiger partial charge in [-0.3, -0.25) is 25.1 Å². The van der Waals surface area contributed by atoms with Crippen molar-refractivity contribution in [1.82, 2.24) is 25.6 Å². The Morgan fingerprint density at radius 2 is 1.90 bits per heavy atom. The van der Waals surface area contributed by atoms with Crippen LogP contribution in [0, 0.1) is 13.8 Å². The molecule has 0 unspecified atom stereocenters. The summed E-state index contributed by atoms with van der Waals surface area (Å²) in [6.45, 7) is 3.79. The number of carbonyl (C=O) groups excluding carboxylic acids is 2. The summed E-state index contributed by atoms with van der Waals surface area (Å²) in [4.78, 5) is 29.6. The van der Waals surface area contributed by atoms with E-state index in [2.05, 4.69) is 20.9 Å². The number of aryl methyl sites for hydroxylation is 2. The van der Waals surface area contributed by atoms with E-state index in [9.17, 15) is 9.59 Å². The molecule has 4 rings (SSSR count). The highest BCUT2D eigenvalue weighted by Crippen LogP contribution is 2.25. The van der Waals surface area contributed by atoms with E-state index in [0.717, 1.165) is 17.0 Å². The van der Waals surface area contributed by atoms with Crippen LogP contribution >= 0.6 is 0 Å². The lowest BCUT2D eigenvalue weighted by Gasteiger charge is -2.10. The zero-order chi connectivity index (χ0) is 22.0. The van der Waals surface area contributed by atoms with Gasteiger partial charge >= 0.3 is 0 Å². The molecule has 3 aromatic heterocycles. The number of hydrogen-bond donors (Lipinski definition) is 2. The molecule has 0 aliphatic rings. The molecular formula is C23H21N5O3. The number of pyridine rings is 1. The quantitative estimate of drug-likeness (QED) is 0.393.